The third-order valence-corrected chi connectivity index (χ3v) is 4.18. The first-order valence-corrected chi connectivity index (χ1v) is 9.01. The summed E-state index contributed by atoms with van der Waals surface area (Å²) in [6.07, 6.45) is -0.173. The average Bonchev–Trinajstić information content (AvgIpc) is 2.93. The van der Waals surface area contributed by atoms with Gasteiger partial charge < -0.3 is 20.3 Å². The van der Waals surface area contributed by atoms with E-state index >= 15 is 0 Å². The van der Waals surface area contributed by atoms with E-state index in [0.717, 1.165) is 4.90 Å². The van der Waals surface area contributed by atoms with Crippen molar-refractivity contribution < 1.29 is 28.7 Å². The third-order valence-electron chi connectivity index (χ3n) is 4.18. The number of nitrogens with zero attached hydrogens (tertiary/aromatic N) is 2. The van der Waals surface area contributed by atoms with Crippen LogP contribution in [0, 0.1) is 0 Å². The van der Waals surface area contributed by atoms with Crippen LogP contribution in [0.5, 0.6) is 5.75 Å². The molecule has 1 aliphatic heterocycles. The number of likely N-dealkylation sites (N-methyl/N-ethyl adjacent to an activating group) is 1. The molecule has 10 nitrogen and oxygen atoms in total. The van der Waals surface area contributed by atoms with Gasteiger partial charge >= 0.3 is 11.8 Å². The molecule has 1 aromatic rings. The minimum Gasteiger partial charge on any atom is -0.484 e. The summed E-state index contributed by atoms with van der Waals surface area (Å²) in [5, 5.41) is 4.68. The van der Waals surface area contributed by atoms with Gasteiger partial charge in [0.15, 0.2) is 6.61 Å². The number of benzene rings is 1. The highest BCUT2D eigenvalue weighted by Crippen LogP contribution is 2.17. The quantitative estimate of drug-likeness (QED) is 0.497. The first-order chi connectivity index (χ1) is 13.6. The molecule has 29 heavy (non-hydrogen) atoms. The summed E-state index contributed by atoms with van der Waals surface area (Å²) in [6, 6.07) is 4.72. The summed E-state index contributed by atoms with van der Waals surface area (Å²) in [6.45, 7) is 3.26. The molecule has 1 aliphatic rings. The van der Waals surface area contributed by atoms with E-state index in [4.69, 9.17) is 4.74 Å². The highest BCUT2D eigenvalue weighted by molar-refractivity contribution is 6.40. The van der Waals surface area contributed by atoms with Crippen LogP contribution in [-0.4, -0.2) is 72.1 Å². The average molecular weight is 404 g/mol. The normalized spacial score (nSPS) is 16.0. The topological polar surface area (TPSA) is 125 Å². The van der Waals surface area contributed by atoms with E-state index in [1.54, 1.807) is 27.9 Å². The minimum atomic E-state index is -1.05. The number of rotatable bonds is 6. The second kappa shape index (κ2) is 9.18. The van der Waals surface area contributed by atoms with Crippen molar-refractivity contribution in [3.63, 3.8) is 0 Å². The Kier molecular flexibility index (Phi) is 6.92. The second-order valence-corrected chi connectivity index (χ2v) is 6.98. The first kappa shape index (κ1) is 21.9. The van der Waals surface area contributed by atoms with E-state index in [-0.39, 0.29) is 30.9 Å². The number of hydrogen-bond donors (Lipinski definition) is 2. The zero-order valence-electron chi connectivity index (χ0n) is 16.7. The molecule has 1 atom stereocenters. The molecule has 0 radical (unpaired) electrons. The van der Waals surface area contributed by atoms with Gasteiger partial charge in [-0.05, 0) is 38.1 Å². The number of ether oxygens (including phenoxy) is 1. The van der Waals surface area contributed by atoms with Crippen molar-refractivity contribution >= 4 is 35.2 Å². The number of carbonyl (C=O) groups excluding carboxylic acids is 5. The molecule has 0 aromatic heterocycles. The maximum Gasteiger partial charge on any atom is 0.313 e. The number of nitrogens with one attached hydrogen (secondary N) is 2. The predicted molar refractivity (Wildman–Crippen MR) is 103 cm³/mol. The van der Waals surface area contributed by atoms with Crippen LogP contribution in [0.4, 0.5) is 5.69 Å². The number of hydrogen-bond acceptors (Lipinski definition) is 6. The maximum atomic E-state index is 12.2. The van der Waals surface area contributed by atoms with Crippen LogP contribution in [0.2, 0.25) is 0 Å². The molecule has 10 heteroatoms. The monoisotopic (exact) mass is 404 g/mol. The number of amides is 5. The number of imide groups is 1. The van der Waals surface area contributed by atoms with Crippen LogP contribution >= 0.6 is 0 Å². The number of carbonyl (C=O) groups is 5. The fourth-order valence-corrected chi connectivity index (χ4v) is 2.63. The van der Waals surface area contributed by atoms with E-state index in [9.17, 15) is 24.0 Å². The smallest absolute Gasteiger partial charge is 0.313 e. The molecule has 1 aromatic carbocycles. The standard InChI is InChI=1S/C19H24N4O6/c1-11(2)23-15(24)9-14(19(23)28)21-18(27)17(26)20-12-5-7-13(8-6-12)29-10-16(25)22(3)4/h5-8,11,14H,9-10H2,1-4H3,(H,20,26)(H,21,27)/t14-/m0/s1. The van der Waals surface area contributed by atoms with Crippen molar-refractivity contribution in [2.24, 2.45) is 0 Å². The molecule has 1 heterocycles. The van der Waals surface area contributed by atoms with Gasteiger partial charge in [0.05, 0.1) is 6.42 Å². The summed E-state index contributed by atoms with van der Waals surface area (Å²) in [5.74, 6) is -2.68. The zero-order chi connectivity index (χ0) is 21.7. The molecular formula is C19H24N4O6. The summed E-state index contributed by atoms with van der Waals surface area (Å²) < 4.78 is 5.32. The van der Waals surface area contributed by atoms with Crippen LogP contribution in [0.1, 0.15) is 20.3 Å². The summed E-state index contributed by atoms with van der Waals surface area (Å²) in [4.78, 5) is 62.1. The van der Waals surface area contributed by atoms with Gasteiger partial charge in [-0.15, -0.1) is 0 Å². The van der Waals surface area contributed by atoms with Gasteiger partial charge in [0.2, 0.25) is 5.91 Å². The van der Waals surface area contributed by atoms with Crippen molar-refractivity contribution in [1.82, 2.24) is 15.1 Å². The molecule has 0 bridgehead atoms. The van der Waals surface area contributed by atoms with Gasteiger partial charge in [-0.2, -0.15) is 0 Å². The van der Waals surface area contributed by atoms with Gasteiger partial charge in [0, 0.05) is 25.8 Å². The molecule has 0 aliphatic carbocycles. The highest BCUT2D eigenvalue weighted by Gasteiger charge is 2.41. The van der Waals surface area contributed by atoms with E-state index < -0.39 is 23.8 Å². The Morgan fingerprint density at radius 2 is 1.76 bits per heavy atom. The second-order valence-electron chi connectivity index (χ2n) is 6.98. The van der Waals surface area contributed by atoms with Crippen LogP contribution in [0.15, 0.2) is 24.3 Å². The maximum absolute atomic E-state index is 12.2. The molecule has 0 spiro atoms. The Morgan fingerprint density at radius 1 is 1.14 bits per heavy atom. The van der Waals surface area contributed by atoms with Crippen molar-refractivity contribution in [1.29, 1.82) is 0 Å². The minimum absolute atomic E-state index is 0.122. The first-order valence-electron chi connectivity index (χ1n) is 9.01. The Labute approximate surface area is 168 Å². The van der Waals surface area contributed by atoms with E-state index in [1.165, 1.54) is 29.2 Å². The summed E-state index contributed by atoms with van der Waals surface area (Å²) in [7, 11) is 3.23. The van der Waals surface area contributed by atoms with Crippen molar-refractivity contribution in [2.75, 3.05) is 26.0 Å². The van der Waals surface area contributed by atoms with Gasteiger partial charge in [-0.25, -0.2) is 0 Å². The van der Waals surface area contributed by atoms with Crippen molar-refractivity contribution in [2.45, 2.75) is 32.4 Å². The van der Waals surface area contributed by atoms with E-state index in [2.05, 4.69) is 10.6 Å². The molecular weight excluding hydrogens is 380 g/mol. The lowest BCUT2D eigenvalue weighted by atomic mass is 10.2. The predicted octanol–water partition coefficient (Wildman–Crippen LogP) is -0.256. The lowest BCUT2D eigenvalue weighted by molar-refractivity contribution is -0.142. The zero-order valence-corrected chi connectivity index (χ0v) is 16.7. The lowest BCUT2D eigenvalue weighted by Gasteiger charge is -2.19. The molecule has 0 unspecified atom stereocenters. The Hall–Kier alpha value is -3.43. The van der Waals surface area contributed by atoms with E-state index in [1.807, 2.05) is 0 Å². The molecule has 156 valence electrons. The largest absolute Gasteiger partial charge is 0.484 e. The van der Waals surface area contributed by atoms with Gasteiger partial charge in [-0.1, -0.05) is 0 Å². The number of likely N-dealkylation sites (tertiary alicyclic amines) is 1. The van der Waals surface area contributed by atoms with Crippen molar-refractivity contribution in [3.05, 3.63) is 24.3 Å². The Balaban J connectivity index is 1.88. The van der Waals surface area contributed by atoms with Crippen molar-refractivity contribution in [3.8, 4) is 5.75 Å². The van der Waals surface area contributed by atoms with Gasteiger partial charge in [0.1, 0.15) is 11.8 Å². The van der Waals surface area contributed by atoms with Crippen LogP contribution < -0.4 is 15.4 Å². The fraction of sp³-hybridized carbons (Fsp3) is 0.421. The molecule has 5 amide bonds. The molecule has 1 saturated heterocycles. The van der Waals surface area contributed by atoms with Crippen LogP contribution in [-0.2, 0) is 24.0 Å². The molecule has 0 saturated carbocycles. The molecule has 2 rings (SSSR count). The summed E-state index contributed by atoms with van der Waals surface area (Å²) >= 11 is 0. The Morgan fingerprint density at radius 3 is 2.28 bits per heavy atom. The van der Waals surface area contributed by atoms with Crippen LogP contribution in [0.3, 0.4) is 0 Å². The number of anilines is 1. The third kappa shape index (κ3) is 5.53. The SMILES string of the molecule is CC(C)N1C(=O)C[C@H](NC(=O)C(=O)Nc2ccc(OCC(=O)N(C)C)cc2)C1=O. The van der Waals surface area contributed by atoms with E-state index in [0.29, 0.717) is 11.4 Å². The van der Waals surface area contributed by atoms with Gasteiger partial charge in [-0.3, -0.25) is 28.9 Å². The van der Waals surface area contributed by atoms with Crippen LogP contribution in [0.25, 0.3) is 0 Å². The fourth-order valence-electron chi connectivity index (χ4n) is 2.63. The highest BCUT2D eigenvalue weighted by atomic mass is 16.5. The molecule has 2 N–H and O–H groups in total. The Bertz CT molecular complexity index is 818. The summed E-state index contributed by atoms with van der Waals surface area (Å²) in [5.41, 5.74) is 0.328. The lowest BCUT2D eigenvalue weighted by Crippen LogP contribution is -2.47. The molecule has 1 fully saturated rings. The van der Waals surface area contributed by atoms with Gasteiger partial charge in [0.25, 0.3) is 11.8 Å².